The van der Waals surface area contributed by atoms with Crippen molar-refractivity contribution in [2.75, 3.05) is 65.7 Å². The molecule has 2 unspecified atom stereocenters. The van der Waals surface area contributed by atoms with E-state index in [4.69, 9.17) is 18.9 Å². The zero-order chi connectivity index (χ0) is 76.6. The van der Waals surface area contributed by atoms with Crippen molar-refractivity contribution < 1.29 is 47.7 Å². The molecule has 1 saturated heterocycles. The van der Waals surface area contributed by atoms with E-state index < -0.39 is 12.1 Å². The van der Waals surface area contributed by atoms with Crippen LogP contribution >= 0.6 is 0 Å². The molecule has 1 aliphatic heterocycles. The maximum atomic E-state index is 13.5. The van der Waals surface area contributed by atoms with Crippen LogP contribution in [-0.2, 0) is 47.7 Å². The third kappa shape index (κ3) is 70.1. The lowest BCUT2D eigenvalue weighted by Crippen LogP contribution is -2.61. The van der Waals surface area contributed by atoms with Crippen LogP contribution in [0.2, 0.25) is 0 Å². The van der Waals surface area contributed by atoms with Gasteiger partial charge in [-0.2, -0.15) is 0 Å². The highest BCUT2D eigenvalue weighted by atomic mass is 16.5. The van der Waals surface area contributed by atoms with Crippen LogP contribution in [0.5, 0.6) is 0 Å². The van der Waals surface area contributed by atoms with Gasteiger partial charge in [-0.25, -0.2) is 0 Å². The number of nitrogens with one attached hydrogen (secondary N) is 2. The number of ether oxygens (including phenoxy) is 4. The van der Waals surface area contributed by atoms with Crippen LogP contribution in [-0.4, -0.2) is 123 Å². The molecule has 2 N–H and O–H groups in total. The summed E-state index contributed by atoms with van der Waals surface area (Å²) in [5, 5.41) is 6.02. The lowest BCUT2D eigenvalue weighted by Gasteiger charge is -2.30. The van der Waals surface area contributed by atoms with Crippen LogP contribution in [0.1, 0.15) is 426 Å². The van der Waals surface area contributed by atoms with Gasteiger partial charge >= 0.3 is 23.9 Å². The number of piperazine rings is 1. The average molecular weight is 1490 g/mol. The Labute approximate surface area is 652 Å². The second-order valence-corrected chi connectivity index (χ2v) is 31.0. The summed E-state index contributed by atoms with van der Waals surface area (Å²) < 4.78 is 22.9. The number of amides is 2. The molecule has 1 heterocycles. The molecule has 0 aromatic carbocycles. The number of allylic oxidation sites excluding steroid dienone is 8. The number of carbonyl (C=O) groups excluding carboxylic acids is 6. The van der Waals surface area contributed by atoms with E-state index in [0.29, 0.717) is 90.6 Å². The van der Waals surface area contributed by atoms with Crippen LogP contribution in [0.15, 0.2) is 48.6 Å². The van der Waals surface area contributed by atoms with Gasteiger partial charge < -0.3 is 29.6 Å². The molecular weight excluding hydrogens is 1320 g/mol. The molecule has 0 aliphatic carbocycles. The van der Waals surface area contributed by atoms with Crippen LogP contribution in [0.3, 0.4) is 0 Å². The van der Waals surface area contributed by atoms with Gasteiger partial charge in [-0.1, -0.05) is 282 Å². The van der Waals surface area contributed by atoms with Crippen molar-refractivity contribution in [2.24, 2.45) is 0 Å². The molecule has 106 heavy (non-hydrogen) atoms. The van der Waals surface area contributed by atoms with Gasteiger partial charge in [0.1, 0.15) is 38.5 Å². The smallest absolute Gasteiger partial charge is 0.305 e. The Morgan fingerprint density at radius 1 is 0.255 bits per heavy atom. The van der Waals surface area contributed by atoms with Crippen LogP contribution in [0.4, 0.5) is 0 Å². The second-order valence-electron chi connectivity index (χ2n) is 31.0. The molecular formula is C92H168N4O10. The van der Waals surface area contributed by atoms with Crippen molar-refractivity contribution in [1.82, 2.24) is 20.4 Å². The highest BCUT2D eigenvalue weighted by molar-refractivity contribution is 5.96. The Hall–Kier alpha value is -4.30. The fraction of sp³-hybridized carbons (Fsp3) is 0.848. The van der Waals surface area contributed by atoms with E-state index >= 15 is 0 Å². The van der Waals surface area contributed by atoms with E-state index in [1.54, 1.807) is 0 Å². The number of carbonyl (C=O) groups is 6. The third-order valence-electron chi connectivity index (χ3n) is 21.0. The van der Waals surface area contributed by atoms with E-state index in [1.165, 1.54) is 231 Å². The first-order valence-electron chi connectivity index (χ1n) is 45.4. The summed E-state index contributed by atoms with van der Waals surface area (Å²) in [7, 11) is 0. The minimum Gasteiger partial charge on any atom is -0.464 e. The van der Waals surface area contributed by atoms with Crippen molar-refractivity contribution in [3.05, 3.63) is 48.6 Å². The Bertz CT molecular complexity index is 1870. The van der Waals surface area contributed by atoms with Gasteiger partial charge in [-0.15, -0.1) is 0 Å². The number of hydrogen-bond acceptors (Lipinski definition) is 12. The zero-order valence-corrected chi connectivity index (χ0v) is 69.7. The molecule has 0 aromatic rings. The first kappa shape index (κ1) is 99.7. The highest BCUT2D eigenvalue weighted by Gasteiger charge is 2.33. The Kier molecular flexibility index (Phi) is 75.5. The molecule has 14 heteroatoms. The van der Waals surface area contributed by atoms with Gasteiger partial charge in [0, 0.05) is 51.9 Å². The summed E-state index contributed by atoms with van der Waals surface area (Å²) >= 11 is 0. The lowest BCUT2D eigenvalue weighted by molar-refractivity contribution is -0.146. The van der Waals surface area contributed by atoms with Gasteiger partial charge in [-0.3, -0.25) is 38.6 Å². The molecule has 14 nitrogen and oxygen atoms in total. The minimum atomic E-state index is -0.623. The molecule has 0 radical (unpaired) electrons. The molecule has 1 aliphatic rings. The van der Waals surface area contributed by atoms with Crippen LogP contribution in [0.25, 0.3) is 0 Å². The molecule has 1 fully saturated rings. The van der Waals surface area contributed by atoms with Gasteiger partial charge in [0.25, 0.3) is 0 Å². The summed E-state index contributed by atoms with van der Waals surface area (Å²) in [6.07, 6.45) is 87.0. The quantitative estimate of drug-likeness (QED) is 0.0256. The van der Waals surface area contributed by atoms with Gasteiger partial charge in [0.05, 0.1) is 0 Å². The lowest BCUT2D eigenvalue weighted by atomic mass is 10.0. The number of unbranched alkanes of at least 4 members (excludes halogenated alkanes) is 46. The van der Waals surface area contributed by atoms with E-state index in [1.807, 2.05) is 0 Å². The summed E-state index contributed by atoms with van der Waals surface area (Å²) in [6, 6.07) is -1.25. The standard InChI is InChI=1S/C92H168N4O10/c1-5-9-13-17-21-25-29-33-37-41-45-49-53-57-61-71-87(97)103-81-77-95(78-82-104-88(98)72-62-58-54-50-46-42-38-34-30-26-22-18-14-10-6-2)75-67-65-69-85-91(101)94-86(92(102)93-85)70-66-68-76-96(79-83-105-89(99)73-63-59-55-51-47-43-39-35-31-27-23-19-15-11-7-3)80-84-106-90(100)74-64-60-56-52-48-44-40-36-32-28-24-20-16-12-8-4/h33-40,85-86H,5-32,41-84H2,1-4H3,(H,93,102)(H,94,101)/b37-33+,38-34+,39-35+,40-36+. The van der Waals surface area contributed by atoms with Crippen LogP contribution in [0, 0.1) is 0 Å². The summed E-state index contributed by atoms with van der Waals surface area (Å²) in [6.45, 7) is 13.5. The molecule has 0 saturated carbocycles. The number of rotatable bonds is 82. The van der Waals surface area contributed by atoms with Crippen molar-refractivity contribution in [3.63, 3.8) is 0 Å². The largest absolute Gasteiger partial charge is 0.464 e. The molecule has 0 aromatic heterocycles. The second kappa shape index (κ2) is 80.2. The fourth-order valence-electron chi connectivity index (χ4n) is 13.9. The van der Waals surface area contributed by atoms with E-state index in [9.17, 15) is 28.8 Å². The number of esters is 4. The molecule has 0 bridgehead atoms. The minimum absolute atomic E-state index is 0.174. The Morgan fingerprint density at radius 3 is 0.651 bits per heavy atom. The summed E-state index contributed by atoms with van der Waals surface area (Å²) in [5.41, 5.74) is 0. The summed E-state index contributed by atoms with van der Waals surface area (Å²) in [4.78, 5) is 82.6. The fourth-order valence-corrected chi connectivity index (χ4v) is 13.9. The number of hydrogen-bond donors (Lipinski definition) is 2. The first-order chi connectivity index (χ1) is 52.1. The van der Waals surface area contributed by atoms with E-state index in [2.05, 4.69) is 96.7 Å². The van der Waals surface area contributed by atoms with Crippen molar-refractivity contribution in [2.45, 2.75) is 438 Å². The summed E-state index contributed by atoms with van der Waals surface area (Å²) in [5.74, 6) is -1.05. The molecule has 1 rings (SSSR count). The number of nitrogens with zero attached hydrogens (tertiary/aromatic N) is 2. The van der Waals surface area contributed by atoms with Gasteiger partial charge in [-0.05, 0) is 180 Å². The van der Waals surface area contributed by atoms with Crippen molar-refractivity contribution in [1.29, 1.82) is 0 Å². The highest BCUT2D eigenvalue weighted by Crippen LogP contribution is 2.18. The van der Waals surface area contributed by atoms with Gasteiger partial charge in [0.15, 0.2) is 0 Å². The maximum absolute atomic E-state index is 13.5. The SMILES string of the molecule is CCCCCCCC/C=C/CCCCCCCC(=O)OCCN(CCCCC1NC(=O)C(CCCCN(CCOC(=O)CCCCCCC/C=C/CCCCCCCC)CCOC(=O)CCCCCCC/C=C/CCCCCCCC)NC1=O)CCOC(=O)CCCCCCC/C=C/CCCCCCCC. The molecule has 0 spiro atoms. The predicted molar refractivity (Wildman–Crippen MR) is 446 cm³/mol. The first-order valence-corrected chi connectivity index (χ1v) is 45.4. The van der Waals surface area contributed by atoms with E-state index in [-0.39, 0.29) is 62.1 Å². The zero-order valence-electron chi connectivity index (χ0n) is 69.7. The average Bonchev–Trinajstić information content (AvgIpc) is 0.850. The Balaban J connectivity index is 2.66. The Morgan fingerprint density at radius 2 is 0.443 bits per heavy atom. The third-order valence-corrected chi connectivity index (χ3v) is 21.0. The van der Waals surface area contributed by atoms with Crippen molar-refractivity contribution >= 4 is 35.7 Å². The normalized spacial score (nSPS) is 14.1. The van der Waals surface area contributed by atoms with E-state index in [0.717, 1.165) is 116 Å². The maximum Gasteiger partial charge on any atom is 0.305 e. The molecule has 2 atom stereocenters. The van der Waals surface area contributed by atoms with Gasteiger partial charge in [0.2, 0.25) is 11.8 Å². The predicted octanol–water partition coefficient (Wildman–Crippen LogP) is 24.2. The molecule has 2 amide bonds. The molecule has 616 valence electrons. The van der Waals surface area contributed by atoms with Crippen LogP contribution < -0.4 is 10.6 Å². The van der Waals surface area contributed by atoms with Crippen molar-refractivity contribution in [3.8, 4) is 0 Å². The topological polar surface area (TPSA) is 170 Å². The monoisotopic (exact) mass is 1490 g/mol.